The lowest BCUT2D eigenvalue weighted by Crippen LogP contribution is -2.46. The summed E-state index contributed by atoms with van der Waals surface area (Å²) in [6, 6.07) is 6.65. The summed E-state index contributed by atoms with van der Waals surface area (Å²) in [5.74, 6) is -1.37. The number of hydrogen-bond acceptors (Lipinski definition) is 3. The minimum Gasteiger partial charge on any atom is -0.480 e. The molecule has 0 bridgehead atoms. The summed E-state index contributed by atoms with van der Waals surface area (Å²) < 4.78 is 6.30. The van der Waals surface area contributed by atoms with Gasteiger partial charge in [-0.15, -0.1) is 0 Å². The quantitative estimate of drug-likeness (QED) is 0.750. The second-order valence-electron chi connectivity index (χ2n) is 4.74. The molecule has 1 amide bonds. The molecule has 6 heteroatoms. The molecule has 1 heterocycles. The van der Waals surface area contributed by atoms with E-state index in [0.29, 0.717) is 13.0 Å². The predicted molar refractivity (Wildman–Crippen MR) is 81.4 cm³/mol. The van der Waals surface area contributed by atoms with Gasteiger partial charge in [0.25, 0.3) is 0 Å². The average Bonchev–Trinajstić information content (AvgIpc) is 2.91. The molecule has 1 aliphatic heterocycles. The predicted octanol–water partition coefficient (Wildman–Crippen LogP) is 1.58. The second kappa shape index (κ2) is 7.03. The lowest BCUT2D eigenvalue weighted by Gasteiger charge is -2.17. The maximum atomic E-state index is 11.9. The van der Waals surface area contributed by atoms with E-state index in [1.54, 1.807) is 0 Å². The Hall–Kier alpha value is -1.15. The van der Waals surface area contributed by atoms with Gasteiger partial charge in [0.15, 0.2) is 0 Å². The van der Waals surface area contributed by atoms with Gasteiger partial charge in [0.05, 0.1) is 0 Å². The monoisotopic (exact) mass is 389 g/mol. The number of halogens is 1. The van der Waals surface area contributed by atoms with Crippen LogP contribution in [0.3, 0.4) is 0 Å². The Morgan fingerprint density at radius 2 is 2.30 bits per heavy atom. The number of carbonyl (C=O) groups excluding carboxylic acids is 1. The molecule has 0 unspecified atom stereocenters. The first-order chi connectivity index (χ1) is 9.56. The molecule has 0 aliphatic carbocycles. The Kier molecular flexibility index (Phi) is 5.36. The Morgan fingerprint density at radius 3 is 2.90 bits per heavy atom. The van der Waals surface area contributed by atoms with Crippen LogP contribution < -0.4 is 5.32 Å². The summed E-state index contributed by atoms with van der Waals surface area (Å²) in [6.45, 7) is 0.562. The number of rotatable bonds is 5. The van der Waals surface area contributed by atoms with Crippen LogP contribution >= 0.6 is 22.6 Å². The van der Waals surface area contributed by atoms with E-state index < -0.39 is 18.1 Å². The number of carbonyl (C=O) groups is 2. The lowest BCUT2D eigenvalue weighted by molar-refractivity contribution is -0.143. The topological polar surface area (TPSA) is 75.6 Å². The molecule has 2 rings (SSSR count). The van der Waals surface area contributed by atoms with Crippen LogP contribution in [0.15, 0.2) is 24.3 Å². The number of ether oxygens (including phenoxy) is 1. The first kappa shape index (κ1) is 15.2. The van der Waals surface area contributed by atoms with Gasteiger partial charge in [-0.1, -0.05) is 12.1 Å². The highest BCUT2D eigenvalue weighted by atomic mass is 127. The van der Waals surface area contributed by atoms with Gasteiger partial charge in [-0.25, -0.2) is 4.79 Å². The Bertz CT molecular complexity index is 500. The van der Waals surface area contributed by atoms with Gasteiger partial charge in [-0.2, -0.15) is 0 Å². The summed E-state index contributed by atoms with van der Waals surface area (Å²) in [6.07, 6.45) is 1.26. The van der Waals surface area contributed by atoms with Crippen LogP contribution in [0.2, 0.25) is 0 Å². The van der Waals surface area contributed by atoms with Crippen LogP contribution in [0.5, 0.6) is 0 Å². The van der Waals surface area contributed by atoms with Crippen LogP contribution in [0.25, 0.3) is 0 Å². The van der Waals surface area contributed by atoms with Crippen LogP contribution in [0.1, 0.15) is 18.4 Å². The molecule has 0 radical (unpaired) electrons. The highest BCUT2D eigenvalue weighted by Crippen LogP contribution is 2.13. The Balaban J connectivity index is 2.00. The number of amides is 1. The van der Waals surface area contributed by atoms with Gasteiger partial charge in [0.1, 0.15) is 12.1 Å². The fourth-order valence-corrected chi connectivity index (χ4v) is 2.76. The zero-order valence-electron chi connectivity index (χ0n) is 10.8. The summed E-state index contributed by atoms with van der Waals surface area (Å²) >= 11 is 2.17. The highest BCUT2D eigenvalue weighted by molar-refractivity contribution is 14.1. The Labute approximate surface area is 130 Å². The molecule has 0 spiro atoms. The van der Waals surface area contributed by atoms with Crippen molar-refractivity contribution in [2.75, 3.05) is 6.61 Å². The second-order valence-corrected chi connectivity index (χ2v) is 5.98. The first-order valence-corrected chi connectivity index (χ1v) is 7.53. The molecule has 0 aromatic heterocycles. The van der Waals surface area contributed by atoms with Crippen molar-refractivity contribution in [2.24, 2.45) is 0 Å². The third-order valence-corrected chi connectivity index (χ3v) is 3.84. The number of nitrogens with one attached hydrogen (secondary N) is 1. The van der Waals surface area contributed by atoms with Crippen molar-refractivity contribution >= 4 is 34.5 Å². The molecule has 1 aliphatic rings. The van der Waals surface area contributed by atoms with Gasteiger partial charge in [-0.3, -0.25) is 4.79 Å². The average molecular weight is 389 g/mol. The van der Waals surface area contributed by atoms with E-state index in [1.807, 2.05) is 24.3 Å². The van der Waals surface area contributed by atoms with Gasteiger partial charge in [0, 0.05) is 16.6 Å². The minimum atomic E-state index is -1.03. The van der Waals surface area contributed by atoms with E-state index in [2.05, 4.69) is 27.9 Å². The molecule has 1 fully saturated rings. The molecule has 5 nitrogen and oxygen atoms in total. The van der Waals surface area contributed by atoms with Crippen molar-refractivity contribution in [3.8, 4) is 0 Å². The molecular weight excluding hydrogens is 373 g/mol. The largest absolute Gasteiger partial charge is 0.480 e. The Morgan fingerprint density at radius 1 is 1.50 bits per heavy atom. The van der Waals surface area contributed by atoms with E-state index in [0.717, 1.165) is 15.6 Å². The van der Waals surface area contributed by atoms with E-state index in [1.165, 1.54) is 0 Å². The van der Waals surface area contributed by atoms with E-state index >= 15 is 0 Å². The summed E-state index contributed by atoms with van der Waals surface area (Å²) in [4.78, 5) is 23.2. The fraction of sp³-hybridized carbons (Fsp3) is 0.429. The van der Waals surface area contributed by atoms with Crippen molar-refractivity contribution < 1.29 is 19.4 Å². The summed E-state index contributed by atoms with van der Waals surface area (Å²) in [5, 5.41) is 11.8. The molecule has 2 atom stereocenters. The maximum absolute atomic E-state index is 11.9. The molecule has 0 saturated carbocycles. The van der Waals surface area contributed by atoms with E-state index in [4.69, 9.17) is 4.74 Å². The number of benzene rings is 1. The van der Waals surface area contributed by atoms with Crippen LogP contribution in [0.4, 0.5) is 0 Å². The van der Waals surface area contributed by atoms with Crippen LogP contribution in [-0.2, 0) is 20.7 Å². The number of carboxylic acids is 1. The highest BCUT2D eigenvalue weighted by Gasteiger charge is 2.28. The zero-order chi connectivity index (χ0) is 14.5. The molecular formula is C14H16INO4. The summed E-state index contributed by atoms with van der Waals surface area (Å²) in [7, 11) is 0. The first-order valence-electron chi connectivity index (χ1n) is 6.45. The minimum absolute atomic E-state index is 0.268. The van der Waals surface area contributed by atoms with Crippen molar-refractivity contribution in [3.63, 3.8) is 0 Å². The van der Waals surface area contributed by atoms with E-state index in [-0.39, 0.29) is 12.3 Å². The number of carboxylic acid groups (broad SMARTS) is 1. The van der Waals surface area contributed by atoms with E-state index in [9.17, 15) is 14.7 Å². The van der Waals surface area contributed by atoms with Crippen LogP contribution in [0, 0.1) is 3.57 Å². The number of aliphatic carboxylic acids is 1. The van der Waals surface area contributed by atoms with Crippen molar-refractivity contribution in [3.05, 3.63) is 33.4 Å². The molecule has 1 saturated heterocycles. The van der Waals surface area contributed by atoms with Crippen molar-refractivity contribution in [1.29, 1.82) is 0 Å². The third-order valence-electron chi connectivity index (χ3n) is 3.17. The summed E-state index contributed by atoms with van der Waals surface area (Å²) in [5.41, 5.74) is 0.886. The molecule has 1 aromatic rings. The normalized spacial score (nSPS) is 19.6. The van der Waals surface area contributed by atoms with Gasteiger partial charge in [-0.05, 0) is 53.1 Å². The molecule has 1 aromatic carbocycles. The van der Waals surface area contributed by atoms with Gasteiger partial charge >= 0.3 is 5.97 Å². The van der Waals surface area contributed by atoms with Gasteiger partial charge in [0.2, 0.25) is 5.91 Å². The zero-order valence-corrected chi connectivity index (χ0v) is 13.0. The lowest BCUT2D eigenvalue weighted by atomic mass is 10.1. The number of hydrogen-bond donors (Lipinski definition) is 2. The molecule has 20 heavy (non-hydrogen) atoms. The maximum Gasteiger partial charge on any atom is 0.326 e. The van der Waals surface area contributed by atoms with Crippen molar-refractivity contribution in [1.82, 2.24) is 5.32 Å². The van der Waals surface area contributed by atoms with Crippen molar-refractivity contribution in [2.45, 2.75) is 31.4 Å². The third kappa shape index (κ3) is 4.17. The SMILES string of the molecule is O=C(O)[C@@H](Cc1cccc(I)c1)NC(=O)[C@H]1CCCO1. The van der Waals surface area contributed by atoms with Crippen LogP contribution in [-0.4, -0.2) is 35.7 Å². The smallest absolute Gasteiger partial charge is 0.326 e. The standard InChI is InChI=1S/C14H16INO4/c15-10-4-1-3-9(7-10)8-11(14(18)19)16-13(17)12-5-2-6-20-12/h1,3-4,7,11-12H,2,5-6,8H2,(H,16,17)(H,18,19)/t11-,12-/m1/s1. The molecule has 2 N–H and O–H groups in total. The fourth-order valence-electron chi connectivity index (χ4n) is 2.15. The molecule has 108 valence electrons. The van der Waals surface area contributed by atoms with Gasteiger partial charge < -0.3 is 15.2 Å².